The zero-order valence-corrected chi connectivity index (χ0v) is 15.8. The third-order valence-electron chi connectivity index (χ3n) is 3.11. The van der Waals surface area contributed by atoms with Gasteiger partial charge in [-0.25, -0.2) is 0 Å². The van der Waals surface area contributed by atoms with Gasteiger partial charge >= 0.3 is 0 Å². The second kappa shape index (κ2) is 10.2. The lowest BCUT2D eigenvalue weighted by atomic mass is 10.2. The molecule has 2 rings (SSSR count). The molecule has 2 aromatic rings. The Balaban J connectivity index is 1.77. The minimum atomic E-state index is -0.486. The molecular formula is C19H19BrN2O4. The molecule has 2 N–H and O–H groups in total. The Morgan fingerprint density at radius 1 is 1.04 bits per heavy atom. The highest BCUT2D eigenvalue weighted by atomic mass is 79.9. The van der Waals surface area contributed by atoms with E-state index in [9.17, 15) is 9.59 Å². The second-order valence-electron chi connectivity index (χ2n) is 5.09. The molecule has 0 heterocycles. The van der Waals surface area contributed by atoms with E-state index in [1.165, 1.54) is 6.08 Å². The number of hydrogen-bond donors (Lipinski definition) is 2. The summed E-state index contributed by atoms with van der Waals surface area (Å²) in [5, 5.41) is 0. The van der Waals surface area contributed by atoms with E-state index in [1.807, 2.05) is 37.3 Å². The molecule has 0 atom stereocenters. The van der Waals surface area contributed by atoms with Gasteiger partial charge in [0.05, 0.1) is 6.61 Å². The number of para-hydroxylation sites is 2. The number of rotatable bonds is 7. The number of nitrogens with one attached hydrogen (secondary N) is 2. The summed E-state index contributed by atoms with van der Waals surface area (Å²) in [7, 11) is 0. The first kappa shape index (κ1) is 19.5. The predicted octanol–water partition coefficient (Wildman–Crippen LogP) is 3.09. The molecule has 0 aliphatic carbocycles. The highest BCUT2D eigenvalue weighted by molar-refractivity contribution is 9.10. The van der Waals surface area contributed by atoms with Gasteiger partial charge in [-0.1, -0.05) is 40.2 Å². The van der Waals surface area contributed by atoms with Crippen LogP contribution < -0.4 is 20.3 Å². The Morgan fingerprint density at radius 3 is 2.46 bits per heavy atom. The lowest BCUT2D eigenvalue weighted by Crippen LogP contribution is -2.43. The number of hydrogen-bond acceptors (Lipinski definition) is 4. The third-order valence-corrected chi connectivity index (χ3v) is 3.60. The Bertz CT molecular complexity index is 793. The molecule has 26 heavy (non-hydrogen) atoms. The molecule has 2 aromatic carbocycles. The number of ether oxygens (including phenoxy) is 2. The Kier molecular flexibility index (Phi) is 7.70. The number of carbonyl (C=O) groups excluding carboxylic acids is 2. The molecule has 6 nitrogen and oxygen atoms in total. The highest BCUT2D eigenvalue weighted by Gasteiger charge is 2.07. The van der Waals surface area contributed by atoms with Gasteiger partial charge in [-0.05, 0) is 42.8 Å². The zero-order chi connectivity index (χ0) is 18.8. The lowest BCUT2D eigenvalue weighted by molar-refractivity contribution is -0.128. The van der Waals surface area contributed by atoms with Crippen molar-refractivity contribution < 1.29 is 19.1 Å². The van der Waals surface area contributed by atoms with Gasteiger partial charge in [0.25, 0.3) is 11.8 Å². The fraction of sp³-hybridized carbons (Fsp3) is 0.158. The number of benzene rings is 2. The molecule has 0 saturated carbocycles. The predicted molar refractivity (Wildman–Crippen MR) is 103 cm³/mol. The summed E-state index contributed by atoms with van der Waals surface area (Å²) in [5.41, 5.74) is 5.44. The van der Waals surface area contributed by atoms with Crippen molar-refractivity contribution in [1.29, 1.82) is 0 Å². The molecule has 0 radical (unpaired) electrons. The summed E-state index contributed by atoms with van der Waals surface area (Å²) >= 11 is 3.36. The van der Waals surface area contributed by atoms with Crippen LogP contribution in [0.4, 0.5) is 0 Å². The van der Waals surface area contributed by atoms with Crippen LogP contribution in [0.15, 0.2) is 59.1 Å². The van der Waals surface area contributed by atoms with E-state index in [4.69, 9.17) is 9.47 Å². The molecule has 0 aromatic heterocycles. The smallest absolute Gasteiger partial charge is 0.276 e. The van der Waals surface area contributed by atoms with Gasteiger partial charge in [-0.3, -0.25) is 20.4 Å². The number of hydrazine groups is 1. The average molecular weight is 419 g/mol. The SMILES string of the molecule is CCOc1ccccc1OCC(=O)NNC(=O)/C=C/c1cccc(Br)c1. The summed E-state index contributed by atoms with van der Waals surface area (Å²) in [6.45, 7) is 2.10. The summed E-state index contributed by atoms with van der Waals surface area (Å²) in [6, 6.07) is 14.5. The molecule has 0 aliphatic heterocycles. The van der Waals surface area contributed by atoms with E-state index in [2.05, 4.69) is 26.8 Å². The van der Waals surface area contributed by atoms with Crippen LogP contribution in [0.2, 0.25) is 0 Å². The van der Waals surface area contributed by atoms with E-state index < -0.39 is 11.8 Å². The fourth-order valence-electron chi connectivity index (χ4n) is 1.98. The molecule has 0 spiro atoms. The van der Waals surface area contributed by atoms with Gasteiger partial charge in [0.2, 0.25) is 0 Å². The Hall–Kier alpha value is -2.80. The molecule has 7 heteroatoms. The van der Waals surface area contributed by atoms with Gasteiger partial charge in [0.1, 0.15) is 0 Å². The standard InChI is InChI=1S/C19H19BrN2O4/c1-2-25-16-8-3-4-9-17(16)26-13-19(24)22-21-18(23)11-10-14-6-5-7-15(20)12-14/h3-12H,2,13H2,1H3,(H,21,23)(H,22,24)/b11-10+. The minimum Gasteiger partial charge on any atom is -0.490 e. The maximum Gasteiger partial charge on any atom is 0.276 e. The van der Waals surface area contributed by atoms with E-state index in [1.54, 1.807) is 24.3 Å². The van der Waals surface area contributed by atoms with Gasteiger partial charge in [0.15, 0.2) is 18.1 Å². The van der Waals surface area contributed by atoms with Crippen molar-refractivity contribution in [2.24, 2.45) is 0 Å². The van der Waals surface area contributed by atoms with E-state index in [-0.39, 0.29) is 6.61 Å². The van der Waals surface area contributed by atoms with Gasteiger partial charge in [0, 0.05) is 10.5 Å². The van der Waals surface area contributed by atoms with Crippen molar-refractivity contribution >= 4 is 33.8 Å². The third kappa shape index (κ3) is 6.60. The highest BCUT2D eigenvalue weighted by Crippen LogP contribution is 2.26. The van der Waals surface area contributed by atoms with Crippen LogP contribution in [0.5, 0.6) is 11.5 Å². The number of carbonyl (C=O) groups is 2. The Labute approximate surface area is 160 Å². The quantitative estimate of drug-likeness (QED) is 0.534. The van der Waals surface area contributed by atoms with Gasteiger partial charge in [-0.15, -0.1) is 0 Å². The van der Waals surface area contributed by atoms with Crippen molar-refractivity contribution in [3.05, 3.63) is 64.6 Å². The van der Waals surface area contributed by atoms with Crippen molar-refractivity contribution in [3.63, 3.8) is 0 Å². The molecule has 0 bridgehead atoms. The molecule has 2 amide bonds. The summed E-state index contributed by atoms with van der Waals surface area (Å²) in [6.07, 6.45) is 2.97. The van der Waals surface area contributed by atoms with Gasteiger partial charge < -0.3 is 9.47 Å². The minimum absolute atomic E-state index is 0.250. The fourth-order valence-corrected chi connectivity index (χ4v) is 2.40. The first-order valence-electron chi connectivity index (χ1n) is 7.95. The maximum absolute atomic E-state index is 11.8. The second-order valence-corrected chi connectivity index (χ2v) is 6.01. The zero-order valence-electron chi connectivity index (χ0n) is 14.2. The van der Waals surface area contributed by atoms with Crippen LogP contribution in [0.1, 0.15) is 12.5 Å². The van der Waals surface area contributed by atoms with Crippen molar-refractivity contribution in [2.75, 3.05) is 13.2 Å². The molecule has 0 fully saturated rings. The van der Waals surface area contributed by atoms with Crippen molar-refractivity contribution in [1.82, 2.24) is 10.9 Å². The largest absolute Gasteiger partial charge is 0.490 e. The van der Waals surface area contributed by atoms with Crippen molar-refractivity contribution in [2.45, 2.75) is 6.92 Å². The molecule has 0 saturated heterocycles. The molecule has 0 unspecified atom stereocenters. The topological polar surface area (TPSA) is 76.7 Å². The van der Waals surface area contributed by atoms with Crippen LogP contribution in [0.3, 0.4) is 0 Å². The maximum atomic E-state index is 11.8. The average Bonchev–Trinajstić information content (AvgIpc) is 2.64. The van der Waals surface area contributed by atoms with Crippen LogP contribution in [0.25, 0.3) is 6.08 Å². The summed E-state index contributed by atoms with van der Waals surface area (Å²) in [5.74, 6) is 0.0858. The van der Waals surface area contributed by atoms with Crippen LogP contribution in [-0.2, 0) is 9.59 Å². The van der Waals surface area contributed by atoms with Crippen molar-refractivity contribution in [3.8, 4) is 11.5 Å². The monoisotopic (exact) mass is 418 g/mol. The first-order chi connectivity index (χ1) is 12.6. The molecule has 136 valence electrons. The van der Waals surface area contributed by atoms with Crippen LogP contribution in [-0.4, -0.2) is 25.0 Å². The summed E-state index contributed by atoms with van der Waals surface area (Å²) < 4.78 is 11.7. The van der Waals surface area contributed by atoms with E-state index in [0.29, 0.717) is 18.1 Å². The number of amides is 2. The van der Waals surface area contributed by atoms with Gasteiger partial charge in [-0.2, -0.15) is 0 Å². The van der Waals surface area contributed by atoms with Crippen LogP contribution in [0, 0.1) is 0 Å². The first-order valence-corrected chi connectivity index (χ1v) is 8.75. The van der Waals surface area contributed by atoms with E-state index >= 15 is 0 Å². The van der Waals surface area contributed by atoms with E-state index in [0.717, 1.165) is 10.0 Å². The summed E-state index contributed by atoms with van der Waals surface area (Å²) in [4.78, 5) is 23.5. The molecular weight excluding hydrogens is 400 g/mol. The normalized spacial score (nSPS) is 10.4. The lowest BCUT2D eigenvalue weighted by Gasteiger charge is -2.11. The Morgan fingerprint density at radius 2 is 1.77 bits per heavy atom. The van der Waals surface area contributed by atoms with Crippen LogP contribution >= 0.6 is 15.9 Å². The number of halogens is 1. The molecule has 0 aliphatic rings.